The number of carbonyl (C=O) groups is 1. The van der Waals surface area contributed by atoms with Gasteiger partial charge in [0, 0.05) is 23.0 Å². The number of fused-ring (bicyclic) bond motifs is 1. The minimum absolute atomic E-state index is 0.0605. The van der Waals surface area contributed by atoms with Crippen molar-refractivity contribution in [2.75, 3.05) is 0 Å². The number of amides is 1. The summed E-state index contributed by atoms with van der Waals surface area (Å²) < 4.78 is 3.04. The first-order chi connectivity index (χ1) is 13.5. The van der Waals surface area contributed by atoms with Crippen molar-refractivity contribution in [1.82, 2.24) is 15.1 Å². The lowest BCUT2D eigenvalue weighted by atomic mass is 10.1. The van der Waals surface area contributed by atoms with Crippen molar-refractivity contribution in [3.05, 3.63) is 88.1 Å². The highest BCUT2D eigenvalue weighted by Crippen LogP contribution is 2.34. The van der Waals surface area contributed by atoms with Crippen LogP contribution >= 0.6 is 11.3 Å². The van der Waals surface area contributed by atoms with Crippen LogP contribution in [0.15, 0.2) is 60.8 Å². The molecule has 5 heteroatoms. The number of aryl methyl sites for hydroxylation is 2. The van der Waals surface area contributed by atoms with Gasteiger partial charge in [-0.2, -0.15) is 5.10 Å². The first-order valence-electron chi connectivity index (χ1n) is 9.38. The molecule has 2 aromatic carbocycles. The SMILES string of the molecule is Cc1c([C@@H](C)NC(=O)c2cnn(C)c2Cc2ccccc2)sc2ccccc12. The van der Waals surface area contributed by atoms with Crippen LogP contribution in [0.1, 0.15) is 45.0 Å². The molecule has 0 fully saturated rings. The molecule has 0 aliphatic rings. The van der Waals surface area contributed by atoms with Crippen LogP contribution in [0.2, 0.25) is 0 Å². The Hall–Kier alpha value is -2.92. The Morgan fingerprint density at radius 1 is 1.14 bits per heavy atom. The van der Waals surface area contributed by atoms with E-state index in [-0.39, 0.29) is 11.9 Å². The number of carbonyl (C=O) groups excluding carboxylic acids is 1. The number of aromatic nitrogens is 2. The highest BCUT2D eigenvalue weighted by molar-refractivity contribution is 7.19. The first kappa shape index (κ1) is 18.4. The summed E-state index contributed by atoms with van der Waals surface area (Å²) in [5.74, 6) is -0.0802. The summed E-state index contributed by atoms with van der Waals surface area (Å²) in [4.78, 5) is 14.2. The molecule has 142 valence electrons. The van der Waals surface area contributed by atoms with E-state index < -0.39 is 0 Å². The highest BCUT2D eigenvalue weighted by Gasteiger charge is 2.21. The minimum atomic E-state index is -0.0802. The van der Waals surface area contributed by atoms with Crippen molar-refractivity contribution in [2.24, 2.45) is 7.05 Å². The molecule has 1 N–H and O–H groups in total. The van der Waals surface area contributed by atoms with Gasteiger partial charge in [-0.05, 0) is 36.4 Å². The molecule has 0 saturated carbocycles. The largest absolute Gasteiger partial charge is 0.345 e. The van der Waals surface area contributed by atoms with Gasteiger partial charge in [-0.15, -0.1) is 11.3 Å². The molecule has 0 saturated heterocycles. The molecule has 4 rings (SSSR count). The maximum absolute atomic E-state index is 13.0. The van der Waals surface area contributed by atoms with E-state index in [0.29, 0.717) is 12.0 Å². The Kier molecular flexibility index (Phi) is 5.01. The molecule has 0 unspecified atom stereocenters. The lowest BCUT2D eigenvalue weighted by Gasteiger charge is -2.14. The minimum Gasteiger partial charge on any atom is -0.345 e. The summed E-state index contributed by atoms with van der Waals surface area (Å²) >= 11 is 1.75. The summed E-state index contributed by atoms with van der Waals surface area (Å²) in [6.07, 6.45) is 2.34. The van der Waals surface area contributed by atoms with Crippen molar-refractivity contribution in [2.45, 2.75) is 26.3 Å². The van der Waals surface area contributed by atoms with Crippen LogP contribution in [0.25, 0.3) is 10.1 Å². The van der Waals surface area contributed by atoms with E-state index in [2.05, 4.69) is 53.7 Å². The van der Waals surface area contributed by atoms with Gasteiger partial charge >= 0.3 is 0 Å². The lowest BCUT2D eigenvalue weighted by molar-refractivity contribution is 0.0939. The van der Waals surface area contributed by atoms with Crippen LogP contribution in [-0.2, 0) is 13.5 Å². The molecule has 1 amide bonds. The molecule has 4 aromatic rings. The number of nitrogens with one attached hydrogen (secondary N) is 1. The van der Waals surface area contributed by atoms with Crippen molar-refractivity contribution in [1.29, 1.82) is 0 Å². The van der Waals surface area contributed by atoms with Gasteiger partial charge in [0.05, 0.1) is 23.5 Å². The fraction of sp³-hybridized carbons (Fsp3) is 0.217. The monoisotopic (exact) mass is 389 g/mol. The molecule has 2 heterocycles. The third-order valence-corrected chi connectivity index (χ3v) is 6.60. The van der Waals surface area contributed by atoms with Gasteiger partial charge in [-0.25, -0.2) is 0 Å². The van der Waals surface area contributed by atoms with E-state index in [0.717, 1.165) is 11.3 Å². The van der Waals surface area contributed by atoms with Crippen molar-refractivity contribution < 1.29 is 4.79 Å². The maximum atomic E-state index is 13.0. The smallest absolute Gasteiger partial charge is 0.255 e. The van der Waals surface area contributed by atoms with Gasteiger partial charge in [-0.1, -0.05) is 48.5 Å². The van der Waals surface area contributed by atoms with Gasteiger partial charge in [0.2, 0.25) is 0 Å². The molecule has 0 spiro atoms. The van der Waals surface area contributed by atoms with Crippen molar-refractivity contribution >= 4 is 27.3 Å². The number of hydrogen-bond donors (Lipinski definition) is 1. The van der Waals surface area contributed by atoms with E-state index in [9.17, 15) is 4.79 Å². The highest BCUT2D eigenvalue weighted by atomic mass is 32.1. The normalized spacial score (nSPS) is 12.2. The average Bonchev–Trinajstić information content (AvgIpc) is 3.23. The Labute approximate surface area is 168 Å². The number of thiophene rings is 1. The second-order valence-corrected chi connectivity index (χ2v) is 8.16. The zero-order chi connectivity index (χ0) is 19.7. The molecule has 1 atom stereocenters. The fourth-order valence-electron chi connectivity index (χ4n) is 3.60. The van der Waals surface area contributed by atoms with Crippen LogP contribution in [0.3, 0.4) is 0 Å². The van der Waals surface area contributed by atoms with Crippen LogP contribution < -0.4 is 5.32 Å². The Bertz CT molecular complexity index is 1130. The molecular weight excluding hydrogens is 366 g/mol. The standard InChI is InChI=1S/C23H23N3OS/c1-15-18-11-7-8-12-21(18)28-22(15)16(2)25-23(27)19-14-24-26(3)20(19)13-17-9-5-4-6-10-17/h4-12,14,16H,13H2,1-3H3,(H,25,27)/t16-/m1/s1. The maximum Gasteiger partial charge on any atom is 0.255 e. The summed E-state index contributed by atoms with van der Waals surface area (Å²) in [7, 11) is 1.88. The molecule has 0 aliphatic heterocycles. The molecule has 0 bridgehead atoms. The topological polar surface area (TPSA) is 46.9 Å². The summed E-state index contributed by atoms with van der Waals surface area (Å²) in [6, 6.07) is 18.5. The zero-order valence-electron chi connectivity index (χ0n) is 16.3. The van der Waals surface area contributed by atoms with Crippen LogP contribution in [-0.4, -0.2) is 15.7 Å². The molecule has 4 nitrogen and oxygen atoms in total. The van der Waals surface area contributed by atoms with Crippen molar-refractivity contribution in [3.63, 3.8) is 0 Å². The zero-order valence-corrected chi connectivity index (χ0v) is 17.1. The lowest BCUT2D eigenvalue weighted by Crippen LogP contribution is -2.27. The summed E-state index contributed by atoms with van der Waals surface area (Å²) in [5, 5.41) is 8.76. The average molecular weight is 390 g/mol. The molecule has 0 aliphatic carbocycles. The second kappa shape index (κ2) is 7.60. The Balaban J connectivity index is 1.57. The third kappa shape index (κ3) is 3.45. The molecule has 28 heavy (non-hydrogen) atoms. The van der Waals surface area contributed by atoms with E-state index in [1.165, 1.54) is 20.5 Å². The van der Waals surface area contributed by atoms with Gasteiger partial charge in [-0.3, -0.25) is 9.48 Å². The number of nitrogens with zero attached hydrogens (tertiary/aromatic N) is 2. The van der Waals surface area contributed by atoms with Gasteiger partial charge < -0.3 is 5.32 Å². The summed E-state index contributed by atoms with van der Waals surface area (Å²) in [5.41, 5.74) is 3.96. The Morgan fingerprint density at radius 2 is 1.86 bits per heavy atom. The van der Waals surface area contributed by atoms with Crippen LogP contribution in [0, 0.1) is 6.92 Å². The van der Waals surface area contributed by atoms with Gasteiger partial charge in [0.25, 0.3) is 5.91 Å². The number of hydrogen-bond acceptors (Lipinski definition) is 3. The van der Waals surface area contributed by atoms with E-state index in [4.69, 9.17) is 0 Å². The predicted octanol–water partition coefficient (Wildman–Crippen LogP) is 5.03. The predicted molar refractivity (Wildman–Crippen MR) is 115 cm³/mol. The first-order valence-corrected chi connectivity index (χ1v) is 10.2. The van der Waals surface area contributed by atoms with Crippen molar-refractivity contribution in [3.8, 4) is 0 Å². The molecule has 0 radical (unpaired) electrons. The van der Waals surface area contributed by atoms with Crippen LogP contribution in [0.4, 0.5) is 0 Å². The van der Waals surface area contributed by atoms with Crippen LogP contribution in [0.5, 0.6) is 0 Å². The quantitative estimate of drug-likeness (QED) is 0.521. The van der Waals surface area contributed by atoms with E-state index >= 15 is 0 Å². The number of rotatable bonds is 5. The van der Waals surface area contributed by atoms with Gasteiger partial charge in [0.1, 0.15) is 0 Å². The summed E-state index contributed by atoms with van der Waals surface area (Å²) in [6.45, 7) is 4.17. The second-order valence-electron chi connectivity index (χ2n) is 7.07. The molecular formula is C23H23N3OS. The molecule has 2 aromatic heterocycles. The fourth-order valence-corrected chi connectivity index (χ4v) is 4.81. The van der Waals surface area contributed by atoms with E-state index in [1.54, 1.807) is 22.2 Å². The van der Waals surface area contributed by atoms with Gasteiger partial charge in [0.15, 0.2) is 0 Å². The number of benzene rings is 2. The Morgan fingerprint density at radius 3 is 2.61 bits per heavy atom. The third-order valence-electron chi connectivity index (χ3n) is 5.14. The van der Waals surface area contributed by atoms with E-state index in [1.807, 2.05) is 32.2 Å².